The Morgan fingerprint density at radius 2 is 1.87 bits per heavy atom. The number of anilines is 1. The van der Waals surface area contributed by atoms with E-state index in [1.165, 1.54) is 12.1 Å². The van der Waals surface area contributed by atoms with Crippen LogP contribution in [0.5, 0.6) is 0 Å². The minimum absolute atomic E-state index is 0.0827. The molecular weight excluding hydrogens is 310 g/mol. The minimum Gasteiger partial charge on any atom is -0.305 e. The summed E-state index contributed by atoms with van der Waals surface area (Å²) in [5, 5.41) is 0. The predicted molar refractivity (Wildman–Crippen MR) is 90.6 cm³/mol. The third-order valence-corrected chi connectivity index (χ3v) is 5.36. The number of sulfone groups is 1. The molecule has 4 nitrogen and oxygen atoms in total. The predicted octanol–water partition coefficient (Wildman–Crippen LogP) is 3.07. The molecule has 0 aromatic heterocycles. The molecule has 1 unspecified atom stereocenters. The van der Waals surface area contributed by atoms with Gasteiger partial charge in [0.25, 0.3) is 5.91 Å². The Bertz CT molecular complexity index is 858. The molecule has 2 aromatic carbocycles. The monoisotopic (exact) mass is 329 g/mol. The van der Waals surface area contributed by atoms with Gasteiger partial charge in [-0.15, -0.1) is 0 Å². The highest BCUT2D eigenvalue weighted by atomic mass is 32.2. The first-order valence-electron chi connectivity index (χ1n) is 7.59. The van der Waals surface area contributed by atoms with Crippen LogP contribution in [0.4, 0.5) is 5.69 Å². The molecule has 0 spiro atoms. The lowest BCUT2D eigenvalue weighted by atomic mass is 9.96. The number of nitrogens with zero attached hydrogens (tertiary/aromatic N) is 1. The third-order valence-electron chi connectivity index (χ3n) is 4.25. The molecule has 5 heteroatoms. The minimum atomic E-state index is -3.33. The van der Waals surface area contributed by atoms with Gasteiger partial charge < -0.3 is 4.90 Å². The number of hydrogen-bond donors (Lipinski definition) is 0. The number of para-hydroxylation sites is 1. The van der Waals surface area contributed by atoms with Gasteiger partial charge in [-0.25, -0.2) is 8.42 Å². The highest BCUT2D eigenvalue weighted by Crippen LogP contribution is 2.32. The first-order valence-corrected chi connectivity index (χ1v) is 9.48. The molecule has 23 heavy (non-hydrogen) atoms. The zero-order valence-electron chi connectivity index (χ0n) is 13.2. The van der Waals surface area contributed by atoms with E-state index >= 15 is 0 Å². The summed E-state index contributed by atoms with van der Waals surface area (Å²) in [5.74, 6) is -0.157. The summed E-state index contributed by atoms with van der Waals surface area (Å²) in [6.07, 6.45) is 2.99. The summed E-state index contributed by atoms with van der Waals surface area (Å²) in [6.45, 7) is 2.02. The van der Waals surface area contributed by atoms with Crippen LogP contribution in [0.25, 0.3) is 0 Å². The molecule has 0 fully saturated rings. The van der Waals surface area contributed by atoms with E-state index in [2.05, 4.69) is 0 Å². The standard InChI is InChI=1S/C18H19NO3S/c1-13-10-11-14-6-3-4-9-17(14)19(13)18(20)15-7-5-8-16(12-15)23(2,21)22/h3-9,12-13H,10-11H2,1-2H3. The van der Waals surface area contributed by atoms with Crippen molar-refractivity contribution in [2.45, 2.75) is 30.7 Å². The molecule has 0 N–H and O–H groups in total. The number of carbonyl (C=O) groups excluding carboxylic acids is 1. The molecule has 1 aliphatic heterocycles. The largest absolute Gasteiger partial charge is 0.305 e. The van der Waals surface area contributed by atoms with Gasteiger partial charge in [0.2, 0.25) is 0 Å². The molecule has 0 saturated heterocycles. The first-order chi connectivity index (χ1) is 10.9. The van der Waals surface area contributed by atoms with Gasteiger partial charge in [-0.2, -0.15) is 0 Å². The quantitative estimate of drug-likeness (QED) is 0.851. The number of hydrogen-bond acceptors (Lipinski definition) is 3. The zero-order valence-corrected chi connectivity index (χ0v) is 14.0. The smallest absolute Gasteiger partial charge is 0.258 e. The van der Waals surface area contributed by atoms with E-state index in [1.807, 2.05) is 31.2 Å². The van der Waals surface area contributed by atoms with Crippen LogP contribution >= 0.6 is 0 Å². The Balaban J connectivity index is 2.04. The highest BCUT2D eigenvalue weighted by Gasteiger charge is 2.29. The van der Waals surface area contributed by atoms with E-state index in [1.54, 1.807) is 17.0 Å². The van der Waals surface area contributed by atoms with Crippen LogP contribution in [0.3, 0.4) is 0 Å². The molecular formula is C18H19NO3S. The van der Waals surface area contributed by atoms with Crippen molar-refractivity contribution in [2.75, 3.05) is 11.2 Å². The fourth-order valence-electron chi connectivity index (χ4n) is 3.00. The summed E-state index contributed by atoms with van der Waals surface area (Å²) < 4.78 is 23.4. The van der Waals surface area contributed by atoms with Crippen LogP contribution in [-0.2, 0) is 16.3 Å². The Morgan fingerprint density at radius 1 is 1.13 bits per heavy atom. The van der Waals surface area contributed by atoms with Gasteiger partial charge in [-0.1, -0.05) is 24.3 Å². The van der Waals surface area contributed by atoms with Crippen molar-refractivity contribution < 1.29 is 13.2 Å². The molecule has 1 aliphatic rings. The molecule has 120 valence electrons. The maximum absolute atomic E-state index is 13.0. The summed E-state index contributed by atoms with van der Waals surface area (Å²) >= 11 is 0. The summed E-state index contributed by atoms with van der Waals surface area (Å²) in [6, 6.07) is 14.2. The van der Waals surface area contributed by atoms with Crippen LogP contribution in [0.2, 0.25) is 0 Å². The maximum Gasteiger partial charge on any atom is 0.258 e. The fraction of sp³-hybridized carbons (Fsp3) is 0.278. The number of benzene rings is 2. The number of fused-ring (bicyclic) bond motifs is 1. The lowest BCUT2D eigenvalue weighted by Gasteiger charge is -2.35. The van der Waals surface area contributed by atoms with Crippen LogP contribution < -0.4 is 4.90 Å². The van der Waals surface area contributed by atoms with Gasteiger partial charge in [0.1, 0.15) is 0 Å². The van der Waals surface area contributed by atoms with Crippen molar-refractivity contribution >= 4 is 21.4 Å². The average molecular weight is 329 g/mol. The molecule has 1 heterocycles. The van der Waals surface area contributed by atoms with Gasteiger partial charge in [-0.05, 0) is 49.6 Å². The molecule has 1 atom stereocenters. The number of amides is 1. The maximum atomic E-state index is 13.0. The number of carbonyl (C=O) groups is 1. The van der Waals surface area contributed by atoms with Crippen molar-refractivity contribution in [3.63, 3.8) is 0 Å². The Labute approximate surface area is 136 Å². The summed E-state index contributed by atoms with van der Waals surface area (Å²) in [5.41, 5.74) is 2.47. The van der Waals surface area contributed by atoms with Crippen molar-refractivity contribution in [1.82, 2.24) is 0 Å². The molecule has 1 amide bonds. The van der Waals surface area contributed by atoms with Crippen molar-refractivity contribution in [3.8, 4) is 0 Å². The molecule has 0 saturated carbocycles. The molecule has 0 bridgehead atoms. The van der Waals surface area contributed by atoms with E-state index in [0.29, 0.717) is 5.56 Å². The second kappa shape index (κ2) is 5.81. The third kappa shape index (κ3) is 3.01. The van der Waals surface area contributed by atoms with Crippen molar-refractivity contribution in [2.24, 2.45) is 0 Å². The van der Waals surface area contributed by atoms with Gasteiger partial charge in [-0.3, -0.25) is 4.79 Å². The van der Waals surface area contributed by atoms with Gasteiger partial charge in [0.15, 0.2) is 9.84 Å². The lowest BCUT2D eigenvalue weighted by Crippen LogP contribution is -2.42. The lowest BCUT2D eigenvalue weighted by molar-refractivity contribution is 0.0975. The van der Waals surface area contributed by atoms with E-state index in [0.717, 1.165) is 30.3 Å². The van der Waals surface area contributed by atoms with E-state index in [4.69, 9.17) is 0 Å². The van der Waals surface area contributed by atoms with Crippen molar-refractivity contribution in [1.29, 1.82) is 0 Å². The highest BCUT2D eigenvalue weighted by molar-refractivity contribution is 7.90. The van der Waals surface area contributed by atoms with Gasteiger partial charge in [0.05, 0.1) is 4.90 Å². The number of rotatable bonds is 2. The summed E-state index contributed by atoms with van der Waals surface area (Å²) in [7, 11) is -3.33. The van der Waals surface area contributed by atoms with Gasteiger partial charge >= 0.3 is 0 Å². The SMILES string of the molecule is CC1CCc2ccccc2N1C(=O)c1cccc(S(C)(=O)=O)c1. The fourth-order valence-corrected chi connectivity index (χ4v) is 3.66. The Kier molecular flexibility index (Phi) is 3.98. The molecule has 3 rings (SSSR count). The number of aryl methyl sites for hydroxylation is 1. The topological polar surface area (TPSA) is 54.5 Å². The van der Waals surface area contributed by atoms with Gasteiger partial charge in [0, 0.05) is 23.5 Å². The van der Waals surface area contributed by atoms with Crippen LogP contribution in [0.1, 0.15) is 29.3 Å². The van der Waals surface area contributed by atoms with Crippen LogP contribution in [-0.4, -0.2) is 26.6 Å². The second-order valence-electron chi connectivity index (χ2n) is 5.99. The molecule has 0 aliphatic carbocycles. The zero-order chi connectivity index (χ0) is 16.6. The van der Waals surface area contributed by atoms with E-state index < -0.39 is 9.84 Å². The summed E-state index contributed by atoms with van der Waals surface area (Å²) in [4.78, 5) is 14.9. The Morgan fingerprint density at radius 3 is 2.61 bits per heavy atom. The van der Waals surface area contributed by atoms with Crippen LogP contribution in [0.15, 0.2) is 53.4 Å². The molecule has 2 aromatic rings. The first kappa shape index (κ1) is 15.7. The Hall–Kier alpha value is -2.14. The van der Waals surface area contributed by atoms with Crippen LogP contribution in [0, 0.1) is 0 Å². The van der Waals surface area contributed by atoms with Crippen molar-refractivity contribution in [3.05, 3.63) is 59.7 Å². The van der Waals surface area contributed by atoms with E-state index in [9.17, 15) is 13.2 Å². The average Bonchev–Trinajstić information content (AvgIpc) is 2.53. The van der Waals surface area contributed by atoms with E-state index in [-0.39, 0.29) is 16.8 Å². The second-order valence-corrected chi connectivity index (χ2v) is 8.01. The molecule has 0 radical (unpaired) electrons. The normalized spacial score (nSPS) is 17.7.